The zero-order valence-electron chi connectivity index (χ0n) is 13.5. The molecule has 0 spiro atoms. The van der Waals surface area contributed by atoms with Crippen LogP contribution in [-0.2, 0) is 4.79 Å². The first-order chi connectivity index (χ1) is 11.1. The highest BCUT2D eigenvalue weighted by molar-refractivity contribution is 7.99. The van der Waals surface area contributed by atoms with E-state index in [9.17, 15) is 4.79 Å². The van der Waals surface area contributed by atoms with Crippen molar-refractivity contribution in [2.24, 2.45) is 5.92 Å². The molecule has 1 saturated heterocycles. The van der Waals surface area contributed by atoms with Crippen molar-refractivity contribution in [1.82, 2.24) is 15.1 Å². The topological polar surface area (TPSA) is 59.2 Å². The second-order valence-corrected chi connectivity index (χ2v) is 7.02. The highest BCUT2D eigenvalue weighted by Crippen LogP contribution is 2.24. The minimum absolute atomic E-state index is 0.150. The zero-order chi connectivity index (χ0) is 16.2. The lowest BCUT2D eigenvalue weighted by molar-refractivity contribution is -0.129. The van der Waals surface area contributed by atoms with E-state index in [1.54, 1.807) is 0 Å². The summed E-state index contributed by atoms with van der Waals surface area (Å²) in [5, 5.41) is 8.54. The van der Waals surface area contributed by atoms with Gasteiger partial charge < -0.3 is 9.32 Å². The first-order valence-electron chi connectivity index (χ1n) is 7.93. The van der Waals surface area contributed by atoms with Crippen LogP contribution < -0.4 is 0 Å². The molecule has 2 heterocycles. The number of carbonyl (C=O) groups excluding carboxylic acids is 1. The second kappa shape index (κ2) is 7.17. The van der Waals surface area contributed by atoms with Crippen LogP contribution in [-0.4, -0.2) is 39.8 Å². The smallest absolute Gasteiger partial charge is 0.277 e. The molecule has 1 aliphatic heterocycles. The summed E-state index contributed by atoms with van der Waals surface area (Å²) in [6.45, 7) is 5.98. The van der Waals surface area contributed by atoms with Crippen LogP contribution in [0.5, 0.6) is 0 Å². The van der Waals surface area contributed by atoms with Gasteiger partial charge in [0.1, 0.15) is 0 Å². The summed E-state index contributed by atoms with van der Waals surface area (Å²) in [7, 11) is 0. The van der Waals surface area contributed by atoms with E-state index in [-0.39, 0.29) is 5.91 Å². The van der Waals surface area contributed by atoms with Crippen molar-refractivity contribution < 1.29 is 9.21 Å². The largest absolute Gasteiger partial charge is 0.411 e. The van der Waals surface area contributed by atoms with Crippen LogP contribution in [0.3, 0.4) is 0 Å². The van der Waals surface area contributed by atoms with Crippen LogP contribution in [0.4, 0.5) is 0 Å². The van der Waals surface area contributed by atoms with Gasteiger partial charge in [0.15, 0.2) is 0 Å². The van der Waals surface area contributed by atoms with Crippen LogP contribution in [0.1, 0.15) is 25.3 Å². The number of benzene rings is 1. The van der Waals surface area contributed by atoms with E-state index in [2.05, 4.69) is 17.1 Å². The number of hydrogen-bond acceptors (Lipinski definition) is 5. The molecule has 23 heavy (non-hydrogen) atoms. The lowest BCUT2D eigenvalue weighted by Crippen LogP contribution is -2.38. The molecule has 0 unspecified atom stereocenters. The number of aromatic nitrogens is 2. The summed E-state index contributed by atoms with van der Waals surface area (Å²) in [5.74, 6) is 1.72. The Morgan fingerprint density at radius 3 is 2.87 bits per heavy atom. The predicted octanol–water partition coefficient (Wildman–Crippen LogP) is 3.40. The Balaban J connectivity index is 1.56. The van der Waals surface area contributed by atoms with Crippen molar-refractivity contribution in [3.63, 3.8) is 0 Å². The van der Waals surface area contributed by atoms with Crippen molar-refractivity contribution in [1.29, 1.82) is 0 Å². The number of piperidine rings is 1. The van der Waals surface area contributed by atoms with Crippen molar-refractivity contribution in [2.75, 3.05) is 18.8 Å². The van der Waals surface area contributed by atoms with Crippen molar-refractivity contribution in [3.8, 4) is 11.5 Å². The molecule has 3 rings (SSSR count). The van der Waals surface area contributed by atoms with Gasteiger partial charge in [0.2, 0.25) is 11.8 Å². The highest BCUT2D eigenvalue weighted by atomic mass is 32.2. The Morgan fingerprint density at radius 2 is 2.13 bits per heavy atom. The standard InChI is InChI=1S/C17H21N3O2S/c1-12-6-8-20(9-7-12)15(21)11-23-17-19-18-16(22-17)14-5-3-4-13(2)10-14/h3-5,10,12H,6-9,11H2,1-2H3. The molecule has 5 nitrogen and oxygen atoms in total. The molecule has 0 aliphatic carbocycles. The molecule has 6 heteroatoms. The number of aryl methyl sites for hydroxylation is 1. The molecule has 0 bridgehead atoms. The number of amides is 1. The fraction of sp³-hybridized carbons (Fsp3) is 0.471. The first kappa shape index (κ1) is 16.1. The third-order valence-electron chi connectivity index (χ3n) is 4.13. The summed E-state index contributed by atoms with van der Waals surface area (Å²) in [4.78, 5) is 14.2. The van der Waals surface area contributed by atoms with E-state index in [4.69, 9.17) is 4.42 Å². The molecule has 1 aliphatic rings. The van der Waals surface area contributed by atoms with Crippen molar-refractivity contribution >= 4 is 17.7 Å². The Hall–Kier alpha value is -1.82. The number of rotatable bonds is 4. The number of thioether (sulfide) groups is 1. The lowest BCUT2D eigenvalue weighted by atomic mass is 9.99. The third kappa shape index (κ3) is 4.13. The van der Waals surface area contributed by atoms with Gasteiger partial charge in [-0.05, 0) is 37.8 Å². The molecular formula is C17H21N3O2S. The fourth-order valence-corrected chi connectivity index (χ4v) is 3.30. The van der Waals surface area contributed by atoms with Gasteiger partial charge in [0.05, 0.1) is 5.75 Å². The second-order valence-electron chi connectivity index (χ2n) is 6.09. The Bertz CT molecular complexity index is 678. The summed E-state index contributed by atoms with van der Waals surface area (Å²) < 4.78 is 5.65. The maximum absolute atomic E-state index is 12.2. The number of carbonyl (C=O) groups is 1. The normalized spacial score (nSPS) is 15.8. The van der Waals surface area contributed by atoms with Gasteiger partial charge in [-0.15, -0.1) is 10.2 Å². The first-order valence-corrected chi connectivity index (χ1v) is 8.91. The molecular weight excluding hydrogens is 310 g/mol. The van der Waals surface area contributed by atoms with Gasteiger partial charge >= 0.3 is 0 Å². The lowest BCUT2D eigenvalue weighted by Gasteiger charge is -2.30. The summed E-state index contributed by atoms with van der Waals surface area (Å²) in [5.41, 5.74) is 2.05. The van der Waals surface area contributed by atoms with E-state index in [0.29, 0.717) is 16.9 Å². The number of likely N-dealkylation sites (tertiary alicyclic amines) is 1. The van der Waals surface area contributed by atoms with Crippen molar-refractivity contribution in [3.05, 3.63) is 29.8 Å². The fourth-order valence-electron chi connectivity index (χ4n) is 2.64. The minimum Gasteiger partial charge on any atom is -0.411 e. The van der Waals surface area contributed by atoms with Gasteiger partial charge in [-0.3, -0.25) is 4.79 Å². The van der Waals surface area contributed by atoms with Crippen molar-refractivity contribution in [2.45, 2.75) is 31.9 Å². The van der Waals surface area contributed by atoms with E-state index in [1.807, 2.05) is 36.1 Å². The van der Waals surface area contributed by atoms with Gasteiger partial charge in [-0.25, -0.2) is 0 Å². The maximum Gasteiger partial charge on any atom is 0.277 e. The molecule has 0 radical (unpaired) electrons. The molecule has 1 fully saturated rings. The molecule has 0 atom stereocenters. The van der Waals surface area contributed by atoms with Crippen LogP contribution >= 0.6 is 11.8 Å². The maximum atomic E-state index is 12.2. The van der Waals surface area contributed by atoms with Crippen LogP contribution in [0.2, 0.25) is 0 Å². The highest BCUT2D eigenvalue weighted by Gasteiger charge is 2.21. The van der Waals surface area contributed by atoms with E-state index >= 15 is 0 Å². The number of nitrogens with zero attached hydrogens (tertiary/aromatic N) is 3. The van der Waals surface area contributed by atoms with E-state index < -0.39 is 0 Å². The minimum atomic E-state index is 0.150. The predicted molar refractivity (Wildman–Crippen MR) is 90.2 cm³/mol. The summed E-state index contributed by atoms with van der Waals surface area (Å²) in [6, 6.07) is 7.92. The molecule has 1 aromatic heterocycles. The number of hydrogen-bond donors (Lipinski definition) is 0. The summed E-state index contributed by atoms with van der Waals surface area (Å²) >= 11 is 1.31. The van der Waals surface area contributed by atoms with Gasteiger partial charge in [0.25, 0.3) is 5.22 Å². The molecule has 122 valence electrons. The average molecular weight is 331 g/mol. The zero-order valence-corrected chi connectivity index (χ0v) is 14.3. The monoisotopic (exact) mass is 331 g/mol. The Kier molecular flexibility index (Phi) is 5.00. The quantitative estimate of drug-likeness (QED) is 0.804. The molecule has 1 amide bonds. The van der Waals surface area contributed by atoms with Gasteiger partial charge in [-0.2, -0.15) is 0 Å². The molecule has 2 aromatic rings. The average Bonchev–Trinajstić information content (AvgIpc) is 3.02. The third-order valence-corrected chi connectivity index (χ3v) is 4.93. The SMILES string of the molecule is Cc1cccc(-c2nnc(SCC(=O)N3CCC(C)CC3)o2)c1. The van der Waals surface area contributed by atoms with Gasteiger partial charge in [0, 0.05) is 18.7 Å². The molecule has 0 saturated carbocycles. The van der Waals surface area contributed by atoms with E-state index in [1.165, 1.54) is 11.8 Å². The molecule has 0 N–H and O–H groups in total. The van der Waals surface area contributed by atoms with Crippen LogP contribution in [0.15, 0.2) is 33.9 Å². The van der Waals surface area contributed by atoms with Crippen LogP contribution in [0.25, 0.3) is 11.5 Å². The Morgan fingerprint density at radius 1 is 1.35 bits per heavy atom. The van der Waals surface area contributed by atoms with E-state index in [0.717, 1.165) is 43.0 Å². The van der Waals surface area contributed by atoms with Gasteiger partial charge in [-0.1, -0.05) is 36.4 Å². The summed E-state index contributed by atoms with van der Waals surface area (Å²) in [6.07, 6.45) is 2.18. The van der Waals surface area contributed by atoms with Crippen LogP contribution in [0, 0.1) is 12.8 Å². The molecule has 1 aromatic carbocycles. The Labute approximate surface area is 140 Å².